The van der Waals surface area contributed by atoms with Crippen LogP contribution < -0.4 is 0 Å². The molecule has 0 bridgehead atoms. The van der Waals surface area contributed by atoms with E-state index in [9.17, 15) is 9.18 Å². The molecule has 1 aromatic carbocycles. The van der Waals surface area contributed by atoms with Gasteiger partial charge in [0.25, 0.3) is 0 Å². The van der Waals surface area contributed by atoms with Crippen molar-refractivity contribution in [2.45, 2.75) is 25.7 Å². The SMILES string of the molecule is CC(C(=O)N1CC(OCc2ccccc2F)C1)N1CCN(C)CC1. The van der Waals surface area contributed by atoms with E-state index in [2.05, 4.69) is 16.8 Å². The van der Waals surface area contributed by atoms with Crippen molar-refractivity contribution in [1.82, 2.24) is 14.7 Å². The van der Waals surface area contributed by atoms with Gasteiger partial charge in [0.2, 0.25) is 5.91 Å². The molecule has 0 aromatic heterocycles. The topological polar surface area (TPSA) is 36.0 Å². The van der Waals surface area contributed by atoms with E-state index >= 15 is 0 Å². The predicted molar refractivity (Wildman–Crippen MR) is 90.1 cm³/mol. The Kier molecular flexibility index (Phi) is 5.48. The lowest BCUT2D eigenvalue weighted by molar-refractivity contribution is -0.151. The van der Waals surface area contributed by atoms with Crippen LogP contribution in [0.2, 0.25) is 0 Å². The molecule has 1 unspecified atom stereocenters. The first-order valence-corrected chi connectivity index (χ1v) is 8.61. The van der Waals surface area contributed by atoms with Crippen LogP contribution in [-0.2, 0) is 16.1 Å². The van der Waals surface area contributed by atoms with Crippen LogP contribution in [0, 0.1) is 5.82 Å². The molecule has 2 aliphatic heterocycles. The molecule has 0 aliphatic carbocycles. The van der Waals surface area contributed by atoms with Crippen LogP contribution >= 0.6 is 0 Å². The number of halogens is 1. The van der Waals surface area contributed by atoms with E-state index in [1.54, 1.807) is 18.2 Å². The second-order valence-corrected chi connectivity index (χ2v) is 6.78. The number of likely N-dealkylation sites (N-methyl/N-ethyl adjacent to an activating group) is 1. The Morgan fingerprint density at radius 1 is 1.25 bits per heavy atom. The first-order valence-electron chi connectivity index (χ1n) is 8.61. The molecule has 0 spiro atoms. The van der Waals surface area contributed by atoms with E-state index in [0.29, 0.717) is 18.7 Å². The van der Waals surface area contributed by atoms with Crippen molar-refractivity contribution >= 4 is 5.91 Å². The minimum Gasteiger partial charge on any atom is -0.370 e. The second kappa shape index (κ2) is 7.59. The largest absolute Gasteiger partial charge is 0.370 e. The van der Waals surface area contributed by atoms with E-state index in [4.69, 9.17) is 4.74 Å². The fourth-order valence-electron chi connectivity index (χ4n) is 3.18. The van der Waals surface area contributed by atoms with Gasteiger partial charge in [0, 0.05) is 44.8 Å². The number of rotatable bonds is 5. The number of piperazine rings is 1. The molecule has 6 heteroatoms. The van der Waals surface area contributed by atoms with Gasteiger partial charge in [0.15, 0.2) is 0 Å². The normalized spacial score (nSPS) is 21.5. The number of carbonyl (C=O) groups excluding carboxylic acids is 1. The van der Waals surface area contributed by atoms with Crippen LogP contribution in [0.5, 0.6) is 0 Å². The highest BCUT2D eigenvalue weighted by molar-refractivity contribution is 5.82. The van der Waals surface area contributed by atoms with Crippen molar-refractivity contribution in [3.63, 3.8) is 0 Å². The smallest absolute Gasteiger partial charge is 0.239 e. The molecule has 0 saturated carbocycles. The highest BCUT2D eigenvalue weighted by Gasteiger charge is 2.36. The van der Waals surface area contributed by atoms with Crippen LogP contribution in [0.3, 0.4) is 0 Å². The molecular formula is C18H26FN3O2. The third kappa shape index (κ3) is 3.94. The average Bonchev–Trinajstić information content (AvgIpc) is 2.54. The number of nitrogens with zero attached hydrogens (tertiary/aromatic N) is 3. The van der Waals surface area contributed by atoms with Crippen LogP contribution in [0.25, 0.3) is 0 Å². The van der Waals surface area contributed by atoms with Gasteiger partial charge in [-0.1, -0.05) is 18.2 Å². The Hall–Kier alpha value is -1.50. The number of amides is 1. The summed E-state index contributed by atoms with van der Waals surface area (Å²) in [5.74, 6) is -0.0706. The van der Waals surface area contributed by atoms with Gasteiger partial charge in [-0.15, -0.1) is 0 Å². The van der Waals surface area contributed by atoms with Crippen molar-refractivity contribution in [1.29, 1.82) is 0 Å². The van der Waals surface area contributed by atoms with E-state index in [1.807, 2.05) is 11.8 Å². The Labute approximate surface area is 143 Å². The molecule has 0 radical (unpaired) electrons. The van der Waals surface area contributed by atoms with E-state index in [0.717, 1.165) is 26.2 Å². The number of carbonyl (C=O) groups is 1. The average molecular weight is 335 g/mol. The summed E-state index contributed by atoms with van der Waals surface area (Å²) in [5, 5.41) is 0. The second-order valence-electron chi connectivity index (χ2n) is 6.78. The number of likely N-dealkylation sites (tertiary alicyclic amines) is 1. The van der Waals surface area contributed by atoms with Crippen molar-refractivity contribution in [3.05, 3.63) is 35.6 Å². The third-order valence-corrected chi connectivity index (χ3v) is 5.04. The summed E-state index contributed by atoms with van der Waals surface area (Å²) >= 11 is 0. The number of hydrogen-bond donors (Lipinski definition) is 0. The molecule has 1 aromatic rings. The maximum absolute atomic E-state index is 13.6. The van der Waals surface area contributed by atoms with Gasteiger partial charge in [-0.3, -0.25) is 9.69 Å². The monoisotopic (exact) mass is 335 g/mol. The van der Waals surface area contributed by atoms with Gasteiger partial charge in [0.1, 0.15) is 5.82 Å². The van der Waals surface area contributed by atoms with E-state index in [-0.39, 0.29) is 30.5 Å². The summed E-state index contributed by atoms with van der Waals surface area (Å²) in [5.41, 5.74) is 0.563. The standard InChI is InChI=1S/C18H26FN3O2/c1-14(21-9-7-20(2)8-10-21)18(23)22-11-16(12-22)24-13-15-5-3-4-6-17(15)19/h3-6,14,16H,7-13H2,1-2H3. The van der Waals surface area contributed by atoms with Crippen LogP contribution in [-0.4, -0.2) is 79.1 Å². The zero-order valence-electron chi connectivity index (χ0n) is 14.4. The Balaban J connectivity index is 1.41. The maximum atomic E-state index is 13.6. The molecular weight excluding hydrogens is 309 g/mol. The molecule has 1 amide bonds. The molecule has 2 heterocycles. The van der Waals surface area contributed by atoms with Gasteiger partial charge in [-0.25, -0.2) is 4.39 Å². The third-order valence-electron chi connectivity index (χ3n) is 5.04. The lowest BCUT2D eigenvalue weighted by atomic mass is 10.1. The van der Waals surface area contributed by atoms with E-state index in [1.165, 1.54) is 6.07 Å². The number of ether oxygens (including phenoxy) is 1. The van der Waals surface area contributed by atoms with Crippen LogP contribution in [0.1, 0.15) is 12.5 Å². The van der Waals surface area contributed by atoms with Crippen molar-refractivity contribution in [3.8, 4) is 0 Å². The highest BCUT2D eigenvalue weighted by Crippen LogP contribution is 2.18. The molecule has 3 rings (SSSR count). The van der Waals surface area contributed by atoms with Gasteiger partial charge in [0.05, 0.1) is 18.8 Å². The van der Waals surface area contributed by atoms with Crippen molar-refractivity contribution < 1.29 is 13.9 Å². The summed E-state index contributed by atoms with van der Waals surface area (Å²) in [4.78, 5) is 18.9. The first kappa shape index (κ1) is 17.3. The lowest BCUT2D eigenvalue weighted by Crippen LogP contribution is -2.61. The van der Waals surface area contributed by atoms with Crippen LogP contribution in [0.4, 0.5) is 4.39 Å². The molecule has 132 valence electrons. The summed E-state index contributed by atoms with van der Waals surface area (Å²) in [6.07, 6.45) is 0.00763. The van der Waals surface area contributed by atoms with Crippen molar-refractivity contribution in [2.24, 2.45) is 0 Å². The summed E-state index contributed by atoms with van der Waals surface area (Å²) in [6, 6.07) is 6.56. The lowest BCUT2D eigenvalue weighted by Gasteiger charge is -2.43. The number of benzene rings is 1. The molecule has 2 saturated heterocycles. The zero-order valence-corrected chi connectivity index (χ0v) is 14.4. The molecule has 5 nitrogen and oxygen atoms in total. The summed E-state index contributed by atoms with van der Waals surface area (Å²) < 4.78 is 19.3. The predicted octanol–water partition coefficient (Wildman–Crippen LogP) is 1.19. The zero-order chi connectivity index (χ0) is 17.1. The van der Waals surface area contributed by atoms with Gasteiger partial charge in [-0.05, 0) is 20.0 Å². The Morgan fingerprint density at radius 2 is 1.92 bits per heavy atom. The molecule has 24 heavy (non-hydrogen) atoms. The highest BCUT2D eigenvalue weighted by atomic mass is 19.1. The maximum Gasteiger partial charge on any atom is 0.239 e. The minimum atomic E-state index is -0.242. The summed E-state index contributed by atoms with van der Waals surface area (Å²) in [6.45, 7) is 7.33. The van der Waals surface area contributed by atoms with E-state index < -0.39 is 0 Å². The quantitative estimate of drug-likeness (QED) is 0.810. The van der Waals surface area contributed by atoms with Crippen LogP contribution in [0.15, 0.2) is 24.3 Å². The summed E-state index contributed by atoms with van der Waals surface area (Å²) in [7, 11) is 2.11. The fraction of sp³-hybridized carbons (Fsp3) is 0.611. The van der Waals surface area contributed by atoms with Crippen molar-refractivity contribution in [2.75, 3.05) is 46.3 Å². The molecule has 1 atom stereocenters. The number of hydrogen-bond acceptors (Lipinski definition) is 4. The van der Waals surface area contributed by atoms with Gasteiger partial charge < -0.3 is 14.5 Å². The molecule has 2 aliphatic rings. The molecule has 2 fully saturated rings. The molecule has 0 N–H and O–H groups in total. The van der Waals surface area contributed by atoms with Gasteiger partial charge in [-0.2, -0.15) is 0 Å². The fourth-order valence-corrected chi connectivity index (χ4v) is 3.18. The Morgan fingerprint density at radius 3 is 2.58 bits per heavy atom. The first-order chi connectivity index (χ1) is 11.5. The minimum absolute atomic E-state index is 0.00763. The Bertz CT molecular complexity index is 569. The van der Waals surface area contributed by atoms with Gasteiger partial charge >= 0.3 is 0 Å².